The lowest BCUT2D eigenvalue weighted by molar-refractivity contribution is -0.384. The number of carbonyl (C=O) groups excluding carboxylic acids is 1. The van der Waals surface area contributed by atoms with Crippen molar-refractivity contribution in [1.82, 2.24) is 5.32 Å². The average molecular weight is 314 g/mol. The van der Waals surface area contributed by atoms with Gasteiger partial charge in [0.1, 0.15) is 0 Å². The first kappa shape index (κ1) is 17.4. The Labute approximate surface area is 129 Å². The number of nitro benzene ring substituents is 1. The maximum atomic E-state index is 12.0. The van der Waals surface area contributed by atoms with Gasteiger partial charge in [0.25, 0.3) is 11.6 Å². The molecule has 0 radical (unpaired) electrons. The molecule has 0 heterocycles. The lowest BCUT2D eigenvalue weighted by Crippen LogP contribution is -2.34. The largest absolute Gasteiger partial charge is 0.352 e. The van der Waals surface area contributed by atoms with Gasteiger partial charge in [0.2, 0.25) is 0 Å². The van der Waals surface area contributed by atoms with Crippen LogP contribution in [-0.2, 0) is 0 Å². The molecule has 1 saturated carbocycles. The molecule has 3 N–H and O–H groups in total. The van der Waals surface area contributed by atoms with Crippen LogP contribution in [0.5, 0.6) is 0 Å². The summed E-state index contributed by atoms with van der Waals surface area (Å²) >= 11 is 0. The van der Waals surface area contributed by atoms with Crippen molar-refractivity contribution in [3.63, 3.8) is 0 Å². The summed E-state index contributed by atoms with van der Waals surface area (Å²) in [5.41, 5.74) is 6.10. The van der Waals surface area contributed by atoms with Crippen LogP contribution in [0.15, 0.2) is 24.3 Å². The summed E-state index contributed by atoms with van der Waals surface area (Å²) in [6.07, 6.45) is 4.04. The van der Waals surface area contributed by atoms with Gasteiger partial charge < -0.3 is 11.1 Å². The number of non-ortho nitro benzene ring substituents is 1. The molecule has 1 aromatic rings. The summed E-state index contributed by atoms with van der Waals surface area (Å²) in [5.74, 6) is 0.195. The molecule has 0 bridgehead atoms. The van der Waals surface area contributed by atoms with Gasteiger partial charge in [0.05, 0.1) is 4.92 Å². The zero-order valence-electron chi connectivity index (χ0n) is 11.7. The number of nitrogens with zero attached hydrogens (tertiary/aromatic N) is 1. The van der Waals surface area contributed by atoms with E-state index in [4.69, 9.17) is 5.73 Å². The van der Waals surface area contributed by atoms with Gasteiger partial charge in [-0.15, -0.1) is 12.4 Å². The van der Waals surface area contributed by atoms with E-state index in [0.29, 0.717) is 24.1 Å². The minimum atomic E-state index is -0.501. The normalized spacial score (nSPS) is 21.2. The van der Waals surface area contributed by atoms with Gasteiger partial charge in [-0.3, -0.25) is 14.9 Å². The highest BCUT2D eigenvalue weighted by Gasteiger charge is 2.19. The lowest BCUT2D eigenvalue weighted by Gasteiger charge is -2.26. The molecule has 1 aliphatic carbocycles. The topological polar surface area (TPSA) is 98.3 Å². The van der Waals surface area contributed by atoms with Crippen molar-refractivity contribution in [2.45, 2.75) is 31.7 Å². The van der Waals surface area contributed by atoms with Gasteiger partial charge in [-0.2, -0.15) is 0 Å². The monoisotopic (exact) mass is 313 g/mol. The van der Waals surface area contributed by atoms with E-state index in [1.54, 1.807) is 6.07 Å². The van der Waals surface area contributed by atoms with Crippen LogP contribution in [0.4, 0.5) is 5.69 Å². The van der Waals surface area contributed by atoms with Crippen LogP contribution in [-0.4, -0.2) is 23.4 Å². The fourth-order valence-corrected chi connectivity index (χ4v) is 2.49. The number of hydrogen-bond acceptors (Lipinski definition) is 4. The maximum absolute atomic E-state index is 12.0. The molecular formula is C14H20ClN3O3. The fraction of sp³-hybridized carbons (Fsp3) is 0.500. The molecule has 1 aromatic carbocycles. The molecule has 0 aliphatic heterocycles. The Kier molecular flexibility index (Phi) is 6.58. The highest BCUT2D eigenvalue weighted by atomic mass is 35.5. The van der Waals surface area contributed by atoms with Crippen LogP contribution in [0.2, 0.25) is 0 Å². The number of halogens is 1. The molecule has 0 aromatic heterocycles. The van der Waals surface area contributed by atoms with Crippen molar-refractivity contribution in [2.75, 3.05) is 6.54 Å². The zero-order chi connectivity index (χ0) is 14.5. The Balaban J connectivity index is 0.00000220. The minimum absolute atomic E-state index is 0. The highest BCUT2D eigenvalue weighted by Crippen LogP contribution is 2.22. The summed E-state index contributed by atoms with van der Waals surface area (Å²) < 4.78 is 0. The molecule has 0 unspecified atom stereocenters. The van der Waals surface area contributed by atoms with E-state index in [1.165, 1.54) is 18.2 Å². The van der Waals surface area contributed by atoms with Gasteiger partial charge in [-0.1, -0.05) is 6.07 Å². The Hall–Kier alpha value is -1.66. The number of nitrogens with one attached hydrogen (secondary N) is 1. The van der Waals surface area contributed by atoms with E-state index in [-0.39, 0.29) is 24.0 Å². The van der Waals surface area contributed by atoms with Gasteiger partial charge in [-0.25, -0.2) is 0 Å². The number of hydrogen-bond donors (Lipinski definition) is 2. The molecule has 1 aliphatic rings. The van der Waals surface area contributed by atoms with E-state index in [0.717, 1.165) is 25.7 Å². The van der Waals surface area contributed by atoms with Crippen molar-refractivity contribution in [3.8, 4) is 0 Å². The second-order valence-corrected chi connectivity index (χ2v) is 5.30. The van der Waals surface area contributed by atoms with Gasteiger partial charge in [0, 0.05) is 30.3 Å². The standard InChI is InChI=1S/C14H19N3O3.ClH/c15-12-6-4-10(5-7-12)9-16-14(18)11-2-1-3-13(8-11)17(19)20;/h1-3,8,10,12H,4-7,9,15H2,(H,16,18);1H/t10-,12+;. The SMILES string of the molecule is Cl.N[C@H]1CC[C@@H](CNC(=O)c2cccc([N+](=O)[O-])c2)CC1. The van der Waals surface area contributed by atoms with Crippen LogP contribution in [0, 0.1) is 16.0 Å². The van der Waals surface area contributed by atoms with E-state index in [9.17, 15) is 14.9 Å². The lowest BCUT2D eigenvalue weighted by atomic mass is 9.86. The predicted molar refractivity (Wildman–Crippen MR) is 82.6 cm³/mol. The third-order valence-corrected chi connectivity index (χ3v) is 3.76. The molecule has 0 saturated heterocycles. The summed E-state index contributed by atoms with van der Waals surface area (Å²) in [6.45, 7) is 0.605. The van der Waals surface area contributed by atoms with Crippen LogP contribution < -0.4 is 11.1 Å². The summed E-state index contributed by atoms with van der Waals surface area (Å²) in [6, 6.07) is 6.07. The Morgan fingerprint density at radius 2 is 2.00 bits per heavy atom. The van der Waals surface area contributed by atoms with Crippen LogP contribution >= 0.6 is 12.4 Å². The third kappa shape index (κ3) is 4.99. The predicted octanol–water partition coefficient (Wildman–Crippen LogP) is 2.26. The number of nitrogens with two attached hydrogens (primary N) is 1. The van der Waals surface area contributed by atoms with Crippen LogP contribution in [0.3, 0.4) is 0 Å². The van der Waals surface area contributed by atoms with E-state index >= 15 is 0 Å². The molecule has 1 amide bonds. The maximum Gasteiger partial charge on any atom is 0.270 e. The molecule has 6 nitrogen and oxygen atoms in total. The number of rotatable bonds is 4. The third-order valence-electron chi connectivity index (χ3n) is 3.76. The highest BCUT2D eigenvalue weighted by molar-refractivity contribution is 5.94. The van der Waals surface area contributed by atoms with Crippen molar-refractivity contribution in [3.05, 3.63) is 39.9 Å². The quantitative estimate of drug-likeness (QED) is 0.658. The van der Waals surface area contributed by atoms with Crippen molar-refractivity contribution in [1.29, 1.82) is 0 Å². The molecule has 1 fully saturated rings. The average Bonchev–Trinajstić information content (AvgIpc) is 2.46. The Morgan fingerprint density at radius 1 is 1.33 bits per heavy atom. The first-order valence-corrected chi connectivity index (χ1v) is 6.84. The van der Waals surface area contributed by atoms with Gasteiger partial charge in [-0.05, 0) is 37.7 Å². The second-order valence-electron chi connectivity index (χ2n) is 5.30. The van der Waals surface area contributed by atoms with Crippen molar-refractivity contribution in [2.24, 2.45) is 11.7 Å². The number of carbonyl (C=O) groups is 1. The fourth-order valence-electron chi connectivity index (χ4n) is 2.49. The van der Waals surface area contributed by atoms with E-state index in [2.05, 4.69) is 5.32 Å². The summed E-state index contributed by atoms with van der Waals surface area (Å²) in [7, 11) is 0. The molecule has 2 rings (SSSR count). The molecular weight excluding hydrogens is 294 g/mol. The van der Waals surface area contributed by atoms with Crippen LogP contribution in [0.1, 0.15) is 36.0 Å². The molecule has 7 heteroatoms. The summed E-state index contributed by atoms with van der Waals surface area (Å²) in [5, 5.41) is 13.5. The number of nitro groups is 1. The van der Waals surface area contributed by atoms with E-state index < -0.39 is 4.92 Å². The first-order valence-electron chi connectivity index (χ1n) is 6.84. The summed E-state index contributed by atoms with van der Waals surface area (Å²) in [4.78, 5) is 22.1. The van der Waals surface area contributed by atoms with Crippen molar-refractivity contribution < 1.29 is 9.72 Å². The van der Waals surface area contributed by atoms with Gasteiger partial charge >= 0.3 is 0 Å². The smallest absolute Gasteiger partial charge is 0.270 e. The zero-order valence-corrected chi connectivity index (χ0v) is 12.5. The number of benzene rings is 1. The minimum Gasteiger partial charge on any atom is -0.352 e. The van der Waals surface area contributed by atoms with Crippen molar-refractivity contribution >= 4 is 24.0 Å². The first-order chi connectivity index (χ1) is 9.56. The Morgan fingerprint density at radius 3 is 2.62 bits per heavy atom. The van der Waals surface area contributed by atoms with Crippen LogP contribution in [0.25, 0.3) is 0 Å². The molecule has 0 spiro atoms. The number of amides is 1. The second kappa shape index (κ2) is 7.95. The molecule has 0 atom stereocenters. The molecule has 116 valence electrons. The van der Waals surface area contributed by atoms with E-state index in [1.807, 2.05) is 0 Å². The van der Waals surface area contributed by atoms with Gasteiger partial charge in [0.15, 0.2) is 0 Å². The Bertz CT molecular complexity index is 502. The molecule has 21 heavy (non-hydrogen) atoms.